The number of aryl methyl sites for hydroxylation is 1. The Morgan fingerprint density at radius 3 is 2.44 bits per heavy atom. The first-order valence-electron chi connectivity index (χ1n) is 11.8. The van der Waals surface area contributed by atoms with Gasteiger partial charge in [-0.3, -0.25) is 14.4 Å². The van der Waals surface area contributed by atoms with Gasteiger partial charge in [0.1, 0.15) is 12.1 Å². The molecule has 1 atom stereocenters. The van der Waals surface area contributed by atoms with E-state index in [0.717, 1.165) is 16.7 Å². The van der Waals surface area contributed by atoms with Crippen LogP contribution in [0.15, 0.2) is 83.8 Å². The van der Waals surface area contributed by atoms with Crippen LogP contribution < -0.4 is 16.1 Å². The lowest BCUT2D eigenvalue weighted by atomic mass is 10.1. The van der Waals surface area contributed by atoms with Gasteiger partial charge in [0.2, 0.25) is 11.3 Å². The van der Waals surface area contributed by atoms with E-state index in [9.17, 15) is 14.4 Å². The molecule has 36 heavy (non-hydrogen) atoms. The van der Waals surface area contributed by atoms with Crippen molar-refractivity contribution in [2.75, 3.05) is 6.54 Å². The quantitative estimate of drug-likeness (QED) is 0.363. The molecule has 4 aromatic rings. The van der Waals surface area contributed by atoms with Gasteiger partial charge in [-0.1, -0.05) is 60.1 Å². The predicted molar refractivity (Wildman–Crippen MR) is 143 cm³/mol. The molecule has 1 aromatic heterocycles. The Bertz CT molecular complexity index is 1450. The van der Waals surface area contributed by atoms with Crippen LogP contribution in [0.3, 0.4) is 0 Å². The Hall–Kier alpha value is -3.90. The lowest BCUT2D eigenvalue weighted by Crippen LogP contribution is -2.33. The number of carbonyl (C=O) groups is 2. The van der Waals surface area contributed by atoms with E-state index >= 15 is 0 Å². The normalized spacial score (nSPS) is 11.8. The SMILES string of the molecule is Cc1ccc2c(=O)c(C(=O)N[C@@H](C)c3ccccc3)cn(CC(=O)NCCc3ccc(Cl)cc3)c2c1. The fourth-order valence-corrected chi connectivity index (χ4v) is 4.23. The maximum atomic E-state index is 13.2. The summed E-state index contributed by atoms with van der Waals surface area (Å²) in [6.45, 7) is 4.22. The average molecular weight is 502 g/mol. The van der Waals surface area contributed by atoms with Crippen LogP contribution >= 0.6 is 11.6 Å². The molecule has 0 unspecified atom stereocenters. The first-order valence-corrected chi connectivity index (χ1v) is 12.2. The van der Waals surface area contributed by atoms with Crippen LogP contribution in [0.25, 0.3) is 10.9 Å². The number of amides is 2. The second kappa shape index (κ2) is 11.2. The van der Waals surface area contributed by atoms with E-state index in [-0.39, 0.29) is 29.5 Å². The summed E-state index contributed by atoms with van der Waals surface area (Å²) in [5, 5.41) is 6.89. The molecule has 1 heterocycles. The van der Waals surface area contributed by atoms with E-state index in [1.807, 2.05) is 80.6 Å². The van der Waals surface area contributed by atoms with Crippen LogP contribution in [-0.2, 0) is 17.8 Å². The molecule has 0 saturated heterocycles. The number of hydrogen-bond donors (Lipinski definition) is 2. The Balaban J connectivity index is 1.55. The van der Waals surface area contributed by atoms with Crippen LogP contribution in [0.2, 0.25) is 5.02 Å². The number of rotatable bonds is 8. The highest BCUT2D eigenvalue weighted by Crippen LogP contribution is 2.16. The van der Waals surface area contributed by atoms with E-state index in [0.29, 0.717) is 28.9 Å². The van der Waals surface area contributed by atoms with Crippen LogP contribution in [0, 0.1) is 6.92 Å². The molecule has 6 nitrogen and oxygen atoms in total. The van der Waals surface area contributed by atoms with Crippen molar-refractivity contribution in [3.05, 3.63) is 116 Å². The third-order valence-corrected chi connectivity index (χ3v) is 6.34. The first kappa shape index (κ1) is 25.2. The molecule has 0 aliphatic heterocycles. The lowest BCUT2D eigenvalue weighted by molar-refractivity contribution is -0.121. The molecule has 0 spiro atoms. The van der Waals surface area contributed by atoms with E-state index in [4.69, 9.17) is 11.6 Å². The molecule has 0 aliphatic carbocycles. The molecule has 184 valence electrons. The smallest absolute Gasteiger partial charge is 0.257 e. The maximum absolute atomic E-state index is 13.2. The summed E-state index contributed by atoms with van der Waals surface area (Å²) < 4.78 is 1.67. The van der Waals surface area contributed by atoms with Gasteiger partial charge in [0, 0.05) is 23.2 Å². The molecular formula is C29H28ClN3O3. The molecular weight excluding hydrogens is 474 g/mol. The summed E-state index contributed by atoms with van der Waals surface area (Å²) in [5.74, 6) is -0.685. The lowest BCUT2D eigenvalue weighted by Gasteiger charge is -2.17. The van der Waals surface area contributed by atoms with Gasteiger partial charge in [-0.15, -0.1) is 0 Å². The summed E-state index contributed by atoms with van der Waals surface area (Å²) in [7, 11) is 0. The van der Waals surface area contributed by atoms with Crippen LogP contribution in [0.5, 0.6) is 0 Å². The summed E-state index contributed by atoms with van der Waals surface area (Å²) in [6.07, 6.45) is 2.15. The number of halogens is 1. The number of aromatic nitrogens is 1. The summed E-state index contributed by atoms with van der Waals surface area (Å²) in [5.41, 5.74) is 3.21. The topological polar surface area (TPSA) is 80.2 Å². The highest BCUT2D eigenvalue weighted by atomic mass is 35.5. The number of nitrogens with one attached hydrogen (secondary N) is 2. The van der Waals surface area contributed by atoms with E-state index in [2.05, 4.69) is 10.6 Å². The summed E-state index contributed by atoms with van der Waals surface area (Å²) in [6, 6.07) is 22.1. The molecule has 0 saturated carbocycles. The first-order chi connectivity index (χ1) is 17.3. The molecule has 4 rings (SSSR count). The molecule has 2 amide bonds. The number of fused-ring (bicyclic) bond motifs is 1. The van der Waals surface area contributed by atoms with Crippen molar-refractivity contribution in [2.45, 2.75) is 32.9 Å². The second-order valence-corrected chi connectivity index (χ2v) is 9.29. The van der Waals surface area contributed by atoms with Crippen molar-refractivity contribution in [1.29, 1.82) is 0 Å². The summed E-state index contributed by atoms with van der Waals surface area (Å²) in [4.78, 5) is 39.1. The molecule has 0 bridgehead atoms. The molecule has 0 aliphatic rings. The number of hydrogen-bond acceptors (Lipinski definition) is 3. The third kappa shape index (κ3) is 6.01. The van der Waals surface area contributed by atoms with Crippen LogP contribution in [0.1, 0.15) is 40.0 Å². The minimum atomic E-state index is -0.476. The zero-order chi connectivity index (χ0) is 25.7. The fraction of sp³-hybridized carbons (Fsp3) is 0.207. The van der Waals surface area contributed by atoms with Gasteiger partial charge in [-0.2, -0.15) is 0 Å². The van der Waals surface area contributed by atoms with Crippen molar-refractivity contribution in [3.63, 3.8) is 0 Å². The molecule has 2 N–H and O–H groups in total. The minimum Gasteiger partial charge on any atom is -0.354 e. The molecule has 3 aromatic carbocycles. The van der Waals surface area contributed by atoms with Gasteiger partial charge in [-0.05, 0) is 61.2 Å². The largest absolute Gasteiger partial charge is 0.354 e. The third-order valence-electron chi connectivity index (χ3n) is 6.09. The van der Waals surface area contributed by atoms with Gasteiger partial charge in [-0.25, -0.2) is 0 Å². The zero-order valence-corrected chi connectivity index (χ0v) is 21.0. The van der Waals surface area contributed by atoms with Crippen LogP contribution in [0.4, 0.5) is 0 Å². The zero-order valence-electron chi connectivity index (χ0n) is 20.3. The molecule has 0 fully saturated rings. The van der Waals surface area contributed by atoms with Crippen molar-refractivity contribution in [2.24, 2.45) is 0 Å². The number of benzene rings is 3. The van der Waals surface area contributed by atoms with E-state index in [1.165, 1.54) is 6.20 Å². The number of pyridine rings is 1. The second-order valence-electron chi connectivity index (χ2n) is 8.85. The molecule has 0 radical (unpaired) electrons. The highest BCUT2D eigenvalue weighted by Gasteiger charge is 2.19. The standard InChI is InChI=1S/C29H28ClN3O3/c1-19-8-13-24-26(16-19)33(18-27(34)31-15-14-21-9-11-23(30)12-10-21)17-25(28(24)35)29(36)32-20(2)22-6-4-3-5-7-22/h3-13,16-17,20H,14-15,18H2,1-2H3,(H,31,34)(H,32,36)/t20-/m0/s1. The Morgan fingerprint density at radius 2 is 1.72 bits per heavy atom. The monoisotopic (exact) mass is 501 g/mol. The fourth-order valence-electron chi connectivity index (χ4n) is 4.10. The van der Waals surface area contributed by atoms with Crippen LogP contribution in [-0.4, -0.2) is 22.9 Å². The highest BCUT2D eigenvalue weighted by molar-refractivity contribution is 6.30. The van der Waals surface area contributed by atoms with E-state index in [1.54, 1.807) is 10.6 Å². The van der Waals surface area contributed by atoms with Crippen molar-refractivity contribution < 1.29 is 9.59 Å². The Labute approximate surface area is 214 Å². The van der Waals surface area contributed by atoms with Crippen molar-refractivity contribution in [1.82, 2.24) is 15.2 Å². The predicted octanol–water partition coefficient (Wildman–Crippen LogP) is 4.81. The minimum absolute atomic E-state index is 0.00287. The van der Waals surface area contributed by atoms with Gasteiger partial charge >= 0.3 is 0 Å². The van der Waals surface area contributed by atoms with E-state index < -0.39 is 5.91 Å². The number of nitrogens with zero attached hydrogens (tertiary/aromatic N) is 1. The maximum Gasteiger partial charge on any atom is 0.257 e. The average Bonchev–Trinajstić information content (AvgIpc) is 2.87. The van der Waals surface area contributed by atoms with Crippen molar-refractivity contribution in [3.8, 4) is 0 Å². The van der Waals surface area contributed by atoms with Crippen molar-refractivity contribution >= 4 is 34.3 Å². The Morgan fingerprint density at radius 1 is 1.00 bits per heavy atom. The number of carbonyl (C=O) groups excluding carboxylic acids is 2. The Kier molecular flexibility index (Phi) is 7.86. The summed E-state index contributed by atoms with van der Waals surface area (Å²) >= 11 is 5.93. The van der Waals surface area contributed by atoms with Gasteiger partial charge in [0.25, 0.3) is 5.91 Å². The van der Waals surface area contributed by atoms with Gasteiger partial charge in [0.05, 0.1) is 11.6 Å². The van der Waals surface area contributed by atoms with Gasteiger partial charge < -0.3 is 15.2 Å². The van der Waals surface area contributed by atoms with Gasteiger partial charge in [0.15, 0.2) is 0 Å². The molecule has 7 heteroatoms.